The number of pyridine rings is 1. The average molecular weight is 325 g/mol. The number of hydrogen-bond acceptors (Lipinski definition) is 3. The summed E-state index contributed by atoms with van der Waals surface area (Å²) in [7, 11) is 0. The molecule has 2 rings (SSSR count). The number of aryl methyl sites for hydroxylation is 1. The SMILES string of the molecule is Cc1cc(Cl)c(NC(=O)c2cccc(C(=O)O)n2)cc1Cl. The van der Waals surface area contributed by atoms with E-state index in [4.69, 9.17) is 28.3 Å². The summed E-state index contributed by atoms with van der Waals surface area (Å²) in [6.45, 7) is 1.79. The van der Waals surface area contributed by atoms with Gasteiger partial charge in [0.25, 0.3) is 5.91 Å². The van der Waals surface area contributed by atoms with Gasteiger partial charge in [0.1, 0.15) is 11.4 Å². The fourth-order valence-corrected chi connectivity index (χ4v) is 2.04. The van der Waals surface area contributed by atoms with E-state index in [0.29, 0.717) is 15.7 Å². The van der Waals surface area contributed by atoms with Crippen LogP contribution in [0.1, 0.15) is 26.5 Å². The van der Waals surface area contributed by atoms with Crippen LogP contribution in [-0.4, -0.2) is 22.0 Å². The summed E-state index contributed by atoms with van der Waals surface area (Å²) < 4.78 is 0. The highest BCUT2D eigenvalue weighted by Gasteiger charge is 2.13. The Morgan fingerprint density at radius 1 is 1.14 bits per heavy atom. The zero-order valence-electron chi connectivity index (χ0n) is 10.9. The van der Waals surface area contributed by atoms with Crippen LogP contribution >= 0.6 is 23.2 Å². The molecule has 0 atom stereocenters. The highest BCUT2D eigenvalue weighted by molar-refractivity contribution is 6.36. The molecule has 1 amide bonds. The average Bonchev–Trinajstić information content (AvgIpc) is 2.44. The third kappa shape index (κ3) is 3.51. The molecule has 5 nitrogen and oxygen atoms in total. The Kier molecular flexibility index (Phi) is 4.45. The molecule has 0 bridgehead atoms. The molecule has 0 saturated heterocycles. The number of carbonyl (C=O) groups is 2. The molecule has 0 aliphatic carbocycles. The summed E-state index contributed by atoms with van der Waals surface area (Å²) >= 11 is 12.0. The van der Waals surface area contributed by atoms with Gasteiger partial charge in [0.2, 0.25) is 0 Å². The Hall–Kier alpha value is -2.11. The van der Waals surface area contributed by atoms with Crippen LogP contribution in [0.25, 0.3) is 0 Å². The zero-order valence-corrected chi connectivity index (χ0v) is 12.4. The van der Waals surface area contributed by atoms with Crippen molar-refractivity contribution in [3.63, 3.8) is 0 Å². The molecule has 21 heavy (non-hydrogen) atoms. The van der Waals surface area contributed by atoms with Crippen molar-refractivity contribution in [3.8, 4) is 0 Å². The lowest BCUT2D eigenvalue weighted by atomic mass is 10.2. The predicted octanol–water partition coefficient (Wildman–Crippen LogP) is 3.65. The van der Waals surface area contributed by atoms with E-state index in [9.17, 15) is 9.59 Å². The van der Waals surface area contributed by atoms with E-state index in [-0.39, 0.29) is 11.4 Å². The van der Waals surface area contributed by atoms with Crippen LogP contribution in [0.3, 0.4) is 0 Å². The summed E-state index contributed by atoms with van der Waals surface area (Å²) in [6, 6.07) is 7.30. The molecule has 108 valence electrons. The van der Waals surface area contributed by atoms with E-state index in [1.807, 2.05) is 0 Å². The number of anilines is 1. The molecule has 0 fully saturated rings. The quantitative estimate of drug-likeness (QED) is 0.903. The fourth-order valence-electron chi connectivity index (χ4n) is 1.61. The molecular formula is C14H10Cl2N2O3. The van der Waals surface area contributed by atoms with E-state index in [2.05, 4.69) is 10.3 Å². The van der Waals surface area contributed by atoms with Gasteiger partial charge in [-0.15, -0.1) is 0 Å². The van der Waals surface area contributed by atoms with E-state index in [0.717, 1.165) is 5.56 Å². The molecule has 1 aromatic carbocycles. The normalized spacial score (nSPS) is 10.2. The first kappa shape index (κ1) is 15.3. The maximum absolute atomic E-state index is 12.1. The van der Waals surface area contributed by atoms with Gasteiger partial charge >= 0.3 is 5.97 Å². The summed E-state index contributed by atoms with van der Waals surface area (Å²) in [4.78, 5) is 26.7. The molecule has 0 radical (unpaired) electrons. The van der Waals surface area contributed by atoms with Gasteiger partial charge in [-0.3, -0.25) is 4.79 Å². The van der Waals surface area contributed by atoms with Crippen LogP contribution in [0.5, 0.6) is 0 Å². The van der Waals surface area contributed by atoms with Gasteiger partial charge in [-0.2, -0.15) is 0 Å². The molecule has 0 aliphatic rings. The van der Waals surface area contributed by atoms with Crippen LogP contribution in [0.15, 0.2) is 30.3 Å². The Bertz CT molecular complexity index is 732. The number of carboxylic acid groups (broad SMARTS) is 1. The number of nitrogens with one attached hydrogen (secondary N) is 1. The number of carboxylic acids is 1. The Labute approximate surface area is 130 Å². The second-order valence-electron chi connectivity index (χ2n) is 4.25. The van der Waals surface area contributed by atoms with E-state index >= 15 is 0 Å². The van der Waals surface area contributed by atoms with Crippen LogP contribution in [0.4, 0.5) is 5.69 Å². The van der Waals surface area contributed by atoms with Crippen LogP contribution in [-0.2, 0) is 0 Å². The first-order valence-corrected chi connectivity index (χ1v) is 6.61. The maximum Gasteiger partial charge on any atom is 0.354 e. The lowest BCUT2D eigenvalue weighted by Crippen LogP contribution is -2.15. The summed E-state index contributed by atoms with van der Waals surface area (Å²) in [5.41, 5.74) is 0.879. The summed E-state index contributed by atoms with van der Waals surface area (Å²) in [5.74, 6) is -1.78. The molecule has 2 aromatic rings. The second kappa shape index (κ2) is 6.11. The van der Waals surface area contributed by atoms with Crippen molar-refractivity contribution >= 4 is 40.8 Å². The van der Waals surface area contributed by atoms with Crippen LogP contribution < -0.4 is 5.32 Å². The monoisotopic (exact) mass is 324 g/mol. The number of amides is 1. The van der Waals surface area contributed by atoms with Gasteiger partial charge in [0.05, 0.1) is 10.7 Å². The molecular weight excluding hydrogens is 315 g/mol. The third-order valence-electron chi connectivity index (χ3n) is 2.70. The predicted molar refractivity (Wildman–Crippen MR) is 80.3 cm³/mol. The van der Waals surface area contributed by atoms with E-state index < -0.39 is 11.9 Å². The number of aromatic nitrogens is 1. The van der Waals surface area contributed by atoms with Crippen molar-refractivity contribution in [2.24, 2.45) is 0 Å². The molecule has 0 aliphatic heterocycles. The first-order chi connectivity index (χ1) is 9.88. The van der Waals surface area contributed by atoms with Crippen molar-refractivity contribution in [2.45, 2.75) is 6.92 Å². The smallest absolute Gasteiger partial charge is 0.354 e. The van der Waals surface area contributed by atoms with Gasteiger partial charge in [-0.05, 0) is 36.8 Å². The minimum Gasteiger partial charge on any atom is -0.477 e. The fraction of sp³-hybridized carbons (Fsp3) is 0.0714. The van der Waals surface area contributed by atoms with Crippen molar-refractivity contribution in [1.82, 2.24) is 4.98 Å². The van der Waals surface area contributed by atoms with Crippen LogP contribution in [0.2, 0.25) is 10.0 Å². The molecule has 2 N–H and O–H groups in total. The van der Waals surface area contributed by atoms with E-state index in [1.165, 1.54) is 24.3 Å². The Morgan fingerprint density at radius 3 is 2.48 bits per heavy atom. The van der Waals surface area contributed by atoms with Crippen molar-refractivity contribution in [2.75, 3.05) is 5.32 Å². The number of carbonyl (C=O) groups excluding carboxylic acids is 1. The van der Waals surface area contributed by atoms with Crippen molar-refractivity contribution in [3.05, 3.63) is 57.3 Å². The lowest BCUT2D eigenvalue weighted by Gasteiger charge is -2.09. The van der Waals surface area contributed by atoms with Gasteiger partial charge < -0.3 is 10.4 Å². The lowest BCUT2D eigenvalue weighted by molar-refractivity contribution is 0.0690. The molecule has 7 heteroatoms. The standard InChI is InChI=1S/C14H10Cl2N2O3/c1-7-5-9(16)12(6-8(7)15)18-13(19)10-3-2-4-11(17-10)14(20)21/h2-6H,1H3,(H,18,19)(H,20,21). The number of rotatable bonds is 3. The molecule has 1 aromatic heterocycles. The van der Waals surface area contributed by atoms with Crippen molar-refractivity contribution < 1.29 is 14.7 Å². The van der Waals surface area contributed by atoms with Gasteiger partial charge in [-0.25, -0.2) is 9.78 Å². The summed E-state index contributed by atoms with van der Waals surface area (Å²) in [6.07, 6.45) is 0. The highest BCUT2D eigenvalue weighted by Crippen LogP contribution is 2.29. The highest BCUT2D eigenvalue weighted by atomic mass is 35.5. The molecule has 0 unspecified atom stereocenters. The second-order valence-corrected chi connectivity index (χ2v) is 5.06. The molecule has 1 heterocycles. The van der Waals surface area contributed by atoms with Crippen molar-refractivity contribution in [1.29, 1.82) is 0 Å². The largest absolute Gasteiger partial charge is 0.477 e. The molecule has 0 saturated carbocycles. The Balaban J connectivity index is 2.28. The van der Waals surface area contributed by atoms with Crippen LogP contribution in [0, 0.1) is 6.92 Å². The number of nitrogens with zero attached hydrogens (tertiary/aromatic N) is 1. The minimum atomic E-state index is -1.21. The van der Waals surface area contributed by atoms with E-state index in [1.54, 1.807) is 13.0 Å². The first-order valence-electron chi connectivity index (χ1n) is 5.86. The zero-order chi connectivity index (χ0) is 15.6. The minimum absolute atomic E-state index is 0.0253. The molecule has 0 spiro atoms. The van der Waals surface area contributed by atoms with Gasteiger partial charge in [0, 0.05) is 5.02 Å². The summed E-state index contributed by atoms with van der Waals surface area (Å²) in [5, 5.41) is 12.2. The topological polar surface area (TPSA) is 79.3 Å². The maximum atomic E-state index is 12.1. The van der Waals surface area contributed by atoms with Gasteiger partial charge in [-0.1, -0.05) is 29.3 Å². The number of halogens is 2. The van der Waals surface area contributed by atoms with Gasteiger partial charge in [0.15, 0.2) is 0 Å². The number of aromatic carboxylic acids is 1. The third-order valence-corrected chi connectivity index (χ3v) is 3.42. The Morgan fingerprint density at radius 2 is 1.81 bits per heavy atom. The number of hydrogen-bond donors (Lipinski definition) is 2. The number of benzene rings is 1.